The summed E-state index contributed by atoms with van der Waals surface area (Å²) in [5.41, 5.74) is 0.847. The number of hydrogen-bond donors (Lipinski definition) is 0. The summed E-state index contributed by atoms with van der Waals surface area (Å²) in [5.74, 6) is -0.358. The van der Waals surface area contributed by atoms with Crippen molar-refractivity contribution in [2.75, 3.05) is 7.11 Å². The zero-order valence-electron chi connectivity index (χ0n) is 10.8. The zero-order valence-corrected chi connectivity index (χ0v) is 12.4. The number of hydrogen-bond acceptors (Lipinski definition) is 4. The van der Waals surface area contributed by atoms with Crippen LogP contribution in [-0.2, 0) is 20.7 Å². The Balaban J connectivity index is 2.64. The minimum absolute atomic E-state index is 0.00324. The second kappa shape index (κ2) is 6.68. The van der Waals surface area contributed by atoms with Crippen LogP contribution in [0.4, 0.5) is 0 Å². The smallest absolute Gasteiger partial charge is 0.305 e. The Labute approximate surface area is 115 Å². The Kier molecular flexibility index (Phi) is 5.53. The lowest BCUT2D eigenvalue weighted by Crippen LogP contribution is -2.13. The summed E-state index contributed by atoms with van der Waals surface area (Å²) < 4.78 is 7.13. The van der Waals surface area contributed by atoms with Crippen molar-refractivity contribution in [2.45, 2.75) is 39.2 Å². The SMILES string of the molecule is COC(=O)CCC(=O)Cc1c(Br)cnn1C(C)C. The number of rotatable bonds is 6. The van der Waals surface area contributed by atoms with E-state index in [1.807, 2.05) is 13.8 Å². The fraction of sp³-hybridized carbons (Fsp3) is 0.583. The maximum absolute atomic E-state index is 11.8. The summed E-state index contributed by atoms with van der Waals surface area (Å²) in [6, 6.07) is 0.194. The third-order valence-electron chi connectivity index (χ3n) is 2.54. The van der Waals surface area contributed by atoms with Gasteiger partial charge in [-0.3, -0.25) is 14.3 Å². The molecule has 0 amide bonds. The molecule has 0 aliphatic carbocycles. The highest BCUT2D eigenvalue weighted by atomic mass is 79.9. The largest absolute Gasteiger partial charge is 0.469 e. The average molecular weight is 317 g/mol. The first kappa shape index (κ1) is 14.9. The highest BCUT2D eigenvalue weighted by Crippen LogP contribution is 2.20. The van der Waals surface area contributed by atoms with Crippen LogP contribution in [-0.4, -0.2) is 28.6 Å². The molecule has 1 aromatic rings. The molecule has 6 heteroatoms. The summed E-state index contributed by atoms with van der Waals surface area (Å²) in [6.07, 6.45) is 2.28. The Hall–Kier alpha value is -1.17. The molecule has 0 spiro atoms. The number of nitrogens with zero attached hydrogens (tertiary/aromatic N) is 2. The molecule has 5 nitrogen and oxygen atoms in total. The van der Waals surface area contributed by atoms with Crippen molar-refractivity contribution in [1.29, 1.82) is 0 Å². The van der Waals surface area contributed by atoms with E-state index in [1.54, 1.807) is 10.9 Å². The molecule has 1 rings (SSSR count). The van der Waals surface area contributed by atoms with Gasteiger partial charge in [-0.05, 0) is 29.8 Å². The van der Waals surface area contributed by atoms with Crippen LogP contribution in [0, 0.1) is 0 Å². The van der Waals surface area contributed by atoms with Crippen LogP contribution in [0.3, 0.4) is 0 Å². The van der Waals surface area contributed by atoms with Gasteiger partial charge in [0, 0.05) is 18.9 Å². The minimum atomic E-state index is -0.361. The number of carbonyl (C=O) groups excluding carboxylic acids is 2. The van der Waals surface area contributed by atoms with Crippen molar-refractivity contribution in [1.82, 2.24) is 9.78 Å². The van der Waals surface area contributed by atoms with Crippen LogP contribution in [0.5, 0.6) is 0 Å². The maximum Gasteiger partial charge on any atom is 0.305 e. The van der Waals surface area contributed by atoms with Crippen LogP contribution in [0.2, 0.25) is 0 Å². The van der Waals surface area contributed by atoms with Crippen molar-refractivity contribution < 1.29 is 14.3 Å². The quantitative estimate of drug-likeness (QED) is 0.755. The van der Waals surface area contributed by atoms with E-state index in [9.17, 15) is 9.59 Å². The van der Waals surface area contributed by atoms with Gasteiger partial charge in [-0.25, -0.2) is 0 Å². The summed E-state index contributed by atoms with van der Waals surface area (Å²) in [6.45, 7) is 4.00. The topological polar surface area (TPSA) is 61.2 Å². The molecule has 0 aliphatic rings. The van der Waals surface area contributed by atoms with Gasteiger partial charge < -0.3 is 4.74 Å². The van der Waals surface area contributed by atoms with E-state index < -0.39 is 0 Å². The summed E-state index contributed by atoms with van der Waals surface area (Å²) in [7, 11) is 1.32. The van der Waals surface area contributed by atoms with Crippen molar-refractivity contribution in [2.24, 2.45) is 0 Å². The first-order valence-electron chi connectivity index (χ1n) is 5.76. The molecule has 0 saturated heterocycles. The third kappa shape index (κ3) is 3.94. The minimum Gasteiger partial charge on any atom is -0.469 e. The lowest BCUT2D eigenvalue weighted by atomic mass is 10.1. The van der Waals surface area contributed by atoms with Crippen molar-refractivity contribution >= 4 is 27.7 Å². The van der Waals surface area contributed by atoms with Crippen LogP contribution in [0.1, 0.15) is 38.4 Å². The zero-order chi connectivity index (χ0) is 13.7. The molecule has 1 heterocycles. The molecule has 0 aliphatic heterocycles. The van der Waals surface area contributed by atoms with Gasteiger partial charge >= 0.3 is 5.97 Å². The number of ether oxygens (including phenoxy) is 1. The van der Waals surface area contributed by atoms with Crippen LogP contribution < -0.4 is 0 Å². The van der Waals surface area contributed by atoms with E-state index in [2.05, 4.69) is 25.8 Å². The Morgan fingerprint density at radius 2 is 2.11 bits per heavy atom. The van der Waals surface area contributed by atoms with Gasteiger partial charge in [0.25, 0.3) is 0 Å². The van der Waals surface area contributed by atoms with Gasteiger partial charge in [0.2, 0.25) is 0 Å². The maximum atomic E-state index is 11.8. The Morgan fingerprint density at radius 3 is 2.67 bits per heavy atom. The molecule has 0 unspecified atom stereocenters. The van der Waals surface area contributed by atoms with Crippen LogP contribution >= 0.6 is 15.9 Å². The Bertz CT molecular complexity index is 441. The van der Waals surface area contributed by atoms with E-state index in [-0.39, 0.29) is 37.1 Å². The van der Waals surface area contributed by atoms with Crippen LogP contribution in [0.25, 0.3) is 0 Å². The molecule has 0 atom stereocenters. The first-order valence-corrected chi connectivity index (χ1v) is 6.55. The second-order valence-corrected chi connectivity index (χ2v) is 5.12. The van der Waals surface area contributed by atoms with E-state index in [0.29, 0.717) is 0 Å². The summed E-state index contributed by atoms with van der Waals surface area (Å²) in [5, 5.41) is 4.21. The van der Waals surface area contributed by atoms with Gasteiger partial charge in [0.05, 0.1) is 29.9 Å². The molecule has 1 aromatic heterocycles. The first-order chi connectivity index (χ1) is 8.45. The highest BCUT2D eigenvalue weighted by molar-refractivity contribution is 9.10. The normalized spacial score (nSPS) is 10.7. The Morgan fingerprint density at radius 1 is 1.44 bits per heavy atom. The number of methoxy groups -OCH3 is 1. The number of Topliss-reactive ketones (excluding diaryl/α,β-unsaturated/α-hetero) is 1. The van der Waals surface area contributed by atoms with Crippen LogP contribution in [0.15, 0.2) is 10.7 Å². The number of halogens is 1. The second-order valence-electron chi connectivity index (χ2n) is 4.27. The monoisotopic (exact) mass is 316 g/mol. The van der Waals surface area contributed by atoms with E-state index in [0.717, 1.165) is 10.2 Å². The van der Waals surface area contributed by atoms with Gasteiger partial charge in [-0.2, -0.15) is 5.10 Å². The highest BCUT2D eigenvalue weighted by Gasteiger charge is 2.15. The molecule has 100 valence electrons. The summed E-state index contributed by atoms with van der Waals surface area (Å²) >= 11 is 3.38. The van der Waals surface area contributed by atoms with Gasteiger partial charge in [0.15, 0.2) is 0 Å². The molecule has 0 fully saturated rings. The average Bonchev–Trinajstić information content (AvgIpc) is 2.68. The standard InChI is InChI=1S/C12H17BrN2O3/c1-8(2)15-11(10(13)7-14-15)6-9(16)4-5-12(17)18-3/h7-8H,4-6H2,1-3H3. The molecule has 18 heavy (non-hydrogen) atoms. The lowest BCUT2D eigenvalue weighted by Gasteiger charge is -2.10. The molecular weight excluding hydrogens is 300 g/mol. The summed E-state index contributed by atoms with van der Waals surface area (Å²) in [4.78, 5) is 22.7. The molecule has 0 N–H and O–H groups in total. The number of ketones is 1. The molecule has 0 radical (unpaired) electrons. The molecule has 0 aromatic carbocycles. The lowest BCUT2D eigenvalue weighted by molar-refractivity contribution is -0.141. The van der Waals surface area contributed by atoms with E-state index in [1.165, 1.54) is 7.11 Å². The van der Waals surface area contributed by atoms with Crippen molar-refractivity contribution in [3.05, 3.63) is 16.4 Å². The van der Waals surface area contributed by atoms with E-state index >= 15 is 0 Å². The van der Waals surface area contributed by atoms with Crippen molar-refractivity contribution in [3.63, 3.8) is 0 Å². The van der Waals surface area contributed by atoms with Gasteiger partial charge in [-0.1, -0.05) is 0 Å². The number of esters is 1. The third-order valence-corrected chi connectivity index (χ3v) is 3.20. The van der Waals surface area contributed by atoms with Gasteiger partial charge in [-0.15, -0.1) is 0 Å². The molecule has 0 saturated carbocycles. The predicted octanol–water partition coefficient (Wildman–Crippen LogP) is 2.29. The van der Waals surface area contributed by atoms with E-state index in [4.69, 9.17) is 0 Å². The molecular formula is C12H17BrN2O3. The fourth-order valence-corrected chi connectivity index (χ4v) is 2.01. The number of carbonyl (C=O) groups is 2. The van der Waals surface area contributed by atoms with Crippen molar-refractivity contribution in [3.8, 4) is 0 Å². The molecule has 0 bridgehead atoms. The fourth-order valence-electron chi connectivity index (χ4n) is 1.60. The predicted molar refractivity (Wildman–Crippen MR) is 70.3 cm³/mol. The number of aromatic nitrogens is 2. The van der Waals surface area contributed by atoms with Gasteiger partial charge in [0.1, 0.15) is 5.78 Å².